The van der Waals surface area contributed by atoms with E-state index in [-0.39, 0.29) is 5.56 Å². The fraction of sp³-hybridized carbons (Fsp3) is 0.417. The van der Waals surface area contributed by atoms with E-state index in [2.05, 4.69) is 5.32 Å². The summed E-state index contributed by atoms with van der Waals surface area (Å²) in [4.78, 5) is 13.5. The zero-order valence-corrected chi connectivity index (χ0v) is 10.6. The number of nitrogens with two attached hydrogens (primary N) is 1. The first-order valence-electron chi connectivity index (χ1n) is 5.78. The molecular formula is C12H15ClFN3O. The third-order valence-corrected chi connectivity index (χ3v) is 3.27. The van der Waals surface area contributed by atoms with Crippen molar-refractivity contribution < 1.29 is 9.18 Å². The van der Waals surface area contributed by atoms with Gasteiger partial charge >= 0.3 is 0 Å². The van der Waals surface area contributed by atoms with Crippen LogP contribution in [0, 0.1) is 5.82 Å². The van der Waals surface area contributed by atoms with Gasteiger partial charge in [0.25, 0.3) is 0 Å². The molecule has 1 aliphatic heterocycles. The lowest BCUT2D eigenvalue weighted by molar-refractivity contribution is -0.123. The Morgan fingerprint density at radius 2 is 2.11 bits per heavy atom. The molecule has 0 saturated carbocycles. The predicted molar refractivity (Wildman–Crippen MR) is 67.8 cm³/mol. The SMILES string of the molecule is NC(=O)C(c1cc(Cl)ccc1F)N1CCNCC1. The molecule has 1 heterocycles. The highest BCUT2D eigenvalue weighted by atomic mass is 35.5. The van der Waals surface area contributed by atoms with Crippen LogP contribution in [0.3, 0.4) is 0 Å². The minimum atomic E-state index is -0.759. The molecule has 1 aromatic rings. The molecule has 1 fully saturated rings. The zero-order valence-electron chi connectivity index (χ0n) is 9.83. The summed E-state index contributed by atoms with van der Waals surface area (Å²) in [5.41, 5.74) is 5.65. The number of hydrogen-bond donors (Lipinski definition) is 2. The van der Waals surface area contributed by atoms with Crippen LogP contribution in [0.25, 0.3) is 0 Å². The van der Waals surface area contributed by atoms with Gasteiger partial charge in [-0.25, -0.2) is 4.39 Å². The summed E-state index contributed by atoms with van der Waals surface area (Å²) in [6.07, 6.45) is 0. The van der Waals surface area contributed by atoms with Crippen molar-refractivity contribution in [2.75, 3.05) is 26.2 Å². The Morgan fingerprint density at radius 3 is 2.72 bits per heavy atom. The highest BCUT2D eigenvalue weighted by Crippen LogP contribution is 2.26. The molecule has 6 heteroatoms. The number of piperazine rings is 1. The summed E-state index contributed by atoms with van der Waals surface area (Å²) < 4.78 is 13.8. The molecule has 4 nitrogen and oxygen atoms in total. The molecule has 1 amide bonds. The number of benzene rings is 1. The number of rotatable bonds is 3. The second kappa shape index (κ2) is 5.65. The summed E-state index contributed by atoms with van der Waals surface area (Å²) in [6.45, 7) is 2.82. The van der Waals surface area contributed by atoms with Gasteiger partial charge in [0.1, 0.15) is 11.9 Å². The largest absolute Gasteiger partial charge is 0.368 e. The van der Waals surface area contributed by atoms with Gasteiger partial charge in [0.15, 0.2) is 0 Å². The predicted octanol–water partition coefficient (Wildman–Crippen LogP) is 0.911. The minimum absolute atomic E-state index is 0.247. The van der Waals surface area contributed by atoms with Gasteiger partial charge in [-0.05, 0) is 18.2 Å². The molecule has 0 bridgehead atoms. The lowest BCUT2D eigenvalue weighted by Crippen LogP contribution is -2.48. The van der Waals surface area contributed by atoms with Crippen molar-refractivity contribution in [1.82, 2.24) is 10.2 Å². The molecular weight excluding hydrogens is 257 g/mol. The maximum absolute atomic E-state index is 13.8. The molecule has 1 atom stereocenters. The van der Waals surface area contributed by atoms with Gasteiger partial charge in [0, 0.05) is 36.8 Å². The van der Waals surface area contributed by atoms with E-state index < -0.39 is 17.8 Å². The van der Waals surface area contributed by atoms with E-state index in [9.17, 15) is 9.18 Å². The van der Waals surface area contributed by atoms with Crippen LogP contribution in [0.4, 0.5) is 4.39 Å². The van der Waals surface area contributed by atoms with Crippen LogP contribution in [0.5, 0.6) is 0 Å². The molecule has 1 unspecified atom stereocenters. The molecule has 98 valence electrons. The maximum Gasteiger partial charge on any atom is 0.239 e. The fourth-order valence-corrected chi connectivity index (χ4v) is 2.37. The lowest BCUT2D eigenvalue weighted by Gasteiger charge is -2.33. The van der Waals surface area contributed by atoms with Crippen LogP contribution in [0.1, 0.15) is 11.6 Å². The van der Waals surface area contributed by atoms with Crippen molar-refractivity contribution in [3.8, 4) is 0 Å². The van der Waals surface area contributed by atoms with Crippen LogP contribution in [-0.2, 0) is 4.79 Å². The Balaban J connectivity index is 2.34. The molecule has 1 aromatic carbocycles. The third-order valence-electron chi connectivity index (χ3n) is 3.04. The second-order valence-corrected chi connectivity index (χ2v) is 4.69. The smallest absolute Gasteiger partial charge is 0.239 e. The molecule has 0 spiro atoms. The molecule has 0 aliphatic carbocycles. The van der Waals surface area contributed by atoms with Crippen molar-refractivity contribution in [3.05, 3.63) is 34.6 Å². The van der Waals surface area contributed by atoms with Crippen molar-refractivity contribution in [2.45, 2.75) is 6.04 Å². The van der Waals surface area contributed by atoms with Crippen LogP contribution in [0.15, 0.2) is 18.2 Å². The topological polar surface area (TPSA) is 58.4 Å². The van der Waals surface area contributed by atoms with E-state index in [4.69, 9.17) is 17.3 Å². The molecule has 18 heavy (non-hydrogen) atoms. The molecule has 1 saturated heterocycles. The summed E-state index contributed by atoms with van der Waals surface area (Å²) in [6, 6.07) is 3.42. The summed E-state index contributed by atoms with van der Waals surface area (Å²) >= 11 is 5.85. The monoisotopic (exact) mass is 271 g/mol. The number of hydrogen-bond acceptors (Lipinski definition) is 3. The van der Waals surface area contributed by atoms with Crippen molar-refractivity contribution in [3.63, 3.8) is 0 Å². The summed E-state index contributed by atoms with van der Waals surface area (Å²) in [5.74, 6) is -1.01. The molecule has 0 radical (unpaired) electrons. The van der Waals surface area contributed by atoms with Crippen molar-refractivity contribution in [1.29, 1.82) is 0 Å². The Kier molecular flexibility index (Phi) is 4.16. The van der Waals surface area contributed by atoms with Crippen molar-refractivity contribution in [2.24, 2.45) is 5.73 Å². The zero-order chi connectivity index (χ0) is 13.1. The van der Waals surface area contributed by atoms with Crippen LogP contribution in [0.2, 0.25) is 5.02 Å². The number of amides is 1. The van der Waals surface area contributed by atoms with E-state index in [1.807, 2.05) is 4.90 Å². The van der Waals surface area contributed by atoms with E-state index in [1.165, 1.54) is 18.2 Å². The van der Waals surface area contributed by atoms with Gasteiger partial charge < -0.3 is 11.1 Å². The number of halogens is 2. The quantitative estimate of drug-likeness (QED) is 0.859. The van der Waals surface area contributed by atoms with Crippen LogP contribution >= 0.6 is 11.6 Å². The van der Waals surface area contributed by atoms with Crippen LogP contribution < -0.4 is 11.1 Å². The minimum Gasteiger partial charge on any atom is -0.368 e. The van der Waals surface area contributed by atoms with E-state index in [0.29, 0.717) is 18.1 Å². The number of primary amides is 1. The van der Waals surface area contributed by atoms with Gasteiger partial charge in [-0.3, -0.25) is 9.69 Å². The van der Waals surface area contributed by atoms with Gasteiger partial charge in [0.2, 0.25) is 5.91 Å². The molecule has 3 N–H and O–H groups in total. The average molecular weight is 272 g/mol. The Bertz CT molecular complexity index is 449. The van der Waals surface area contributed by atoms with Crippen molar-refractivity contribution >= 4 is 17.5 Å². The Labute approximate surface area is 110 Å². The molecule has 2 rings (SSSR count). The van der Waals surface area contributed by atoms with Gasteiger partial charge in [-0.2, -0.15) is 0 Å². The normalized spacial score (nSPS) is 18.6. The first-order valence-corrected chi connectivity index (χ1v) is 6.16. The van der Waals surface area contributed by atoms with Gasteiger partial charge in [0.05, 0.1) is 0 Å². The number of carbonyl (C=O) groups is 1. The van der Waals surface area contributed by atoms with Crippen LogP contribution in [-0.4, -0.2) is 37.0 Å². The fourth-order valence-electron chi connectivity index (χ4n) is 2.19. The molecule has 0 aromatic heterocycles. The average Bonchev–Trinajstić information content (AvgIpc) is 2.35. The van der Waals surface area contributed by atoms with Gasteiger partial charge in [-0.15, -0.1) is 0 Å². The van der Waals surface area contributed by atoms with E-state index >= 15 is 0 Å². The first-order chi connectivity index (χ1) is 8.59. The maximum atomic E-state index is 13.8. The standard InChI is InChI=1S/C12H15ClFN3O/c13-8-1-2-10(14)9(7-8)11(12(15)18)17-5-3-16-4-6-17/h1-2,7,11,16H,3-6H2,(H2,15,18). The Morgan fingerprint density at radius 1 is 1.44 bits per heavy atom. The highest BCUT2D eigenvalue weighted by Gasteiger charge is 2.29. The molecule has 1 aliphatic rings. The number of nitrogens with zero attached hydrogens (tertiary/aromatic N) is 1. The summed E-state index contributed by atoms with van der Waals surface area (Å²) in [7, 11) is 0. The Hall–Kier alpha value is -1.17. The number of nitrogens with one attached hydrogen (secondary N) is 1. The van der Waals surface area contributed by atoms with E-state index in [1.54, 1.807) is 0 Å². The third kappa shape index (κ3) is 2.80. The first kappa shape index (κ1) is 13.3. The highest BCUT2D eigenvalue weighted by molar-refractivity contribution is 6.30. The van der Waals surface area contributed by atoms with Gasteiger partial charge in [-0.1, -0.05) is 11.6 Å². The second-order valence-electron chi connectivity index (χ2n) is 4.26. The lowest BCUT2D eigenvalue weighted by atomic mass is 10.0. The summed E-state index contributed by atoms with van der Waals surface area (Å²) in [5, 5.41) is 3.57. The van der Waals surface area contributed by atoms with E-state index in [0.717, 1.165) is 13.1 Å². The number of carbonyl (C=O) groups excluding carboxylic acids is 1.